The fraction of sp³-hybridized carbons (Fsp3) is 0.333. The summed E-state index contributed by atoms with van der Waals surface area (Å²) in [5, 5.41) is 11.2. The molecule has 92 valence electrons. The molecule has 5 heteroatoms. The van der Waals surface area contributed by atoms with Gasteiger partial charge in [-0.15, -0.1) is 0 Å². The van der Waals surface area contributed by atoms with Gasteiger partial charge in [-0.1, -0.05) is 30.3 Å². The van der Waals surface area contributed by atoms with E-state index in [2.05, 4.69) is 5.32 Å². The van der Waals surface area contributed by atoms with E-state index in [1.165, 1.54) is 0 Å². The predicted octanol–water partition coefficient (Wildman–Crippen LogP) is 1.13. The van der Waals surface area contributed by atoms with Crippen LogP contribution in [0.25, 0.3) is 0 Å². The Morgan fingerprint density at radius 1 is 1.29 bits per heavy atom. The maximum atomic E-state index is 10.8. The Balaban J connectivity index is 2.56. The van der Waals surface area contributed by atoms with Crippen molar-refractivity contribution in [3.8, 4) is 0 Å². The van der Waals surface area contributed by atoms with Crippen LogP contribution in [-0.4, -0.2) is 23.1 Å². The highest BCUT2D eigenvalue weighted by Gasteiger charge is 2.12. The van der Waals surface area contributed by atoms with E-state index in [0.717, 1.165) is 5.56 Å². The minimum Gasteiger partial charge on any atom is -0.481 e. The van der Waals surface area contributed by atoms with E-state index in [9.17, 15) is 9.59 Å². The average molecular weight is 236 g/mol. The highest BCUT2D eigenvalue weighted by Crippen LogP contribution is 2.07. The van der Waals surface area contributed by atoms with E-state index >= 15 is 0 Å². The molecule has 0 saturated carbocycles. The highest BCUT2D eigenvalue weighted by atomic mass is 16.4. The van der Waals surface area contributed by atoms with Crippen molar-refractivity contribution in [1.29, 1.82) is 0 Å². The Bertz CT molecular complexity index is 379. The number of carbonyl (C=O) groups excluding carboxylic acids is 1. The van der Waals surface area contributed by atoms with Crippen LogP contribution in [0.1, 0.15) is 18.4 Å². The number of carbonyl (C=O) groups is 2. The van der Waals surface area contributed by atoms with Crippen molar-refractivity contribution >= 4 is 12.0 Å². The van der Waals surface area contributed by atoms with Crippen molar-refractivity contribution in [3.05, 3.63) is 35.9 Å². The second-order valence-corrected chi connectivity index (χ2v) is 3.83. The zero-order valence-electron chi connectivity index (χ0n) is 9.43. The normalized spacial score (nSPS) is 11.8. The van der Waals surface area contributed by atoms with Gasteiger partial charge in [0.1, 0.15) is 0 Å². The summed E-state index contributed by atoms with van der Waals surface area (Å²) < 4.78 is 0. The number of carboxylic acids is 1. The third-order valence-electron chi connectivity index (χ3n) is 2.38. The van der Waals surface area contributed by atoms with Crippen LogP contribution in [0, 0.1) is 0 Å². The molecule has 0 aliphatic heterocycles. The first-order valence-corrected chi connectivity index (χ1v) is 5.39. The molecule has 0 fully saturated rings. The van der Waals surface area contributed by atoms with Crippen LogP contribution in [0.3, 0.4) is 0 Å². The molecule has 1 atom stereocenters. The molecule has 2 amide bonds. The van der Waals surface area contributed by atoms with E-state index in [-0.39, 0.29) is 12.5 Å². The van der Waals surface area contributed by atoms with Gasteiger partial charge in [-0.2, -0.15) is 0 Å². The van der Waals surface area contributed by atoms with Crippen LogP contribution in [-0.2, 0) is 11.2 Å². The molecule has 4 N–H and O–H groups in total. The average Bonchev–Trinajstić information content (AvgIpc) is 2.26. The van der Waals surface area contributed by atoms with Crippen LogP contribution in [0.5, 0.6) is 0 Å². The Morgan fingerprint density at radius 3 is 2.47 bits per heavy atom. The van der Waals surface area contributed by atoms with Crippen molar-refractivity contribution in [1.82, 2.24) is 5.32 Å². The highest BCUT2D eigenvalue weighted by molar-refractivity contribution is 5.72. The third-order valence-corrected chi connectivity index (χ3v) is 2.38. The van der Waals surface area contributed by atoms with Gasteiger partial charge in [0.2, 0.25) is 0 Å². The minimum absolute atomic E-state index is 0.0117. The first-order chi connectivity index (χ1) is 8.08. The second kappa shape index (κ2) is 6.52. The van der Waals surface area contributed by atoms with E-state index in [1.54, 1.807) is 0 Å². The largest absolute Gasteiger partial charge is 0.481 e. The van der Waals surface area contributed by atoms with Gasteiger partial charge in [0.15, 0.2) is 0 Å². The molecule has 1 unspecified atom stereocenters. The number of rotatable bonds is 6. The second-order valence-electron chi connectivity index (χ2n) is 3.83. The molecule has 0 radical (unpaired) electrons. The predicted molar refractivity (Wildman–Crippen MR) is 63.5 cm³/mol. The number of nitrogens with one attached hydrogen (secondary N) is 1. The summed E-state index contributed by atoms with van der Waals surface area (Å²) in [6.45, 7) is 0. The molecule has 0 saturated heterocycles. The van der Waals surface area contributed by atoms with Crippen LogP contribution < -0.4 is 11.1 Å². The smallest absolute Gasteiger partial charge is 0.312 e. The SMILES string of the molecule is NC(=O)NC(CCC(=O)O)Cc1ccccc1. The Kier molecular flexibility index (Phi) is 5.00. The van der Waals surface area contributed by atoms with Gasteiger partial charge in [0.25, 0.3) is 0 Å². The van der Waals surface area contributed by atoms with E-state index < -0.39 is 12.0 Å². The minimum atomic E-state index is -0.880. The van der Waals surface area contributed by atoms with Gasteiger partial charge in [-0.3, -0.25) is 4.79 Å². The van der Waals surface area contributed by atoms with Crippen LogP contribution in [0.4, 0.5) is 4.79 Å². The third kappa shape index (κ3) is 5.55. The summed E-state index contributed by atoms with van der Waals surface area (Å²) in [5.74, 6) is -0.880. The number of carboxylic acid groups (broad SMARTS) is 1. The molecule has 1 aromatic carbocycles. The quantitative estimate of drug-likeness (QED) is 0.691. The van der Waals surface area contributed by atoms with Gasteiger partial charge >= 0.3 is 12.0 Å². The zero-order chi connectivity index (χ0) is 12.7. The maximum Gasteiger partial charge on any atom is 0.312 e. The number of amides is 2. The van der Waals surface area contributed by atoms with Crippen molar-refractivity contribution < 1.29 is 14.7 Å². The lowest BCUT2D eigenvalue weighted by Crippen LogP contribution is -2.40. The number of primary amides is 1. The first kappa shape index (κ1) is 13.0. The lowest BCUT2D eigenvalue weighted by molar-refractivity contribution is -0.137. The van der Waals surface area contributed by atoms with Gasteiger partial charge in [0, 0.05) is 12.5 Å². The molecule has 0 bridgehead atoms. The van der Waals surface area contributed by atoms with E-state index in [4.69, 9.17) is 10.8 Å². The number of nitrogens with two attached hydrogens (primary N) is 1. The number of urea groups is 1. The molecule has 0 aliphatic carbocycles. The van der Waals surface area contributed by atoms with Gasteiger partial charge < -0.3 is 16.2 Å². The van der Waals surface area contributed by atoms with Crippen LogP contribution >= 0.6 is 0 Å². The summed E-state index contributed by atoms with van der Waals surface area (Å²) in [4.78, 5) is 21.3. The maximum absolute atomic E-state index is 10.8. The number of benzene rings is 1. The van der Waals surface area contributed by atoms with Crippen LogP contribution in [0.2, 0.25) is 0 Å². The summed E-state index contributed by atoms with van der Waals surface area (Å²) in [7, 11) is 0. The molecule has 1 rings (SSSR count). The molecule has 17 heavy (non-hydrogen) atoms. The summed E-state index contributed by atoms with van der Waals surface area (Å²) in [6, 6.07) is 8.67. The van der Waals surface area contributed by atoms with Gasteiger partial charge in [-0.25, -0.2) is 4.79 Å². The number of aliphatic carboxylic acids is 1. The monoisotopic (exact) mass is 236 g/mol. The van der Waals surface area contributed by atoms with Crippen LogP contribution in [0.15, 0.2) is 30.3 Å². The van der Waals surface area contributed by atoms with Crippen molar-refractivity contribution in [2.75, 3.05) is 0 Å². The molecule has 0 heterocycles. The summed E-state index contributed by atoms with van der Waals surface area (Å²) in [5.41, 5.74) is 6.09. The Morgan fingerprint density at radius 2 is 1.94 bits per heavy atom. The number of hydrogen-bond acceptors (Lipinski definition) is 2. The lowest BCUT2D eigenvalue weighted by atomic mass is 10.0. The van der Waals surface area contributed by atoms with Crippen molar-refractivity contribution in [3.63, 3.8) is 0 Å². The molecular weight excluding hydrogens is 220 g/mol. The fourth-order valence-corrected chi connectivity index (χ4v) is 1.62. The zero-order valence-corrected chi connectivity index (χ0v) is 9.43. The number of hydrogen-bond donors (Lipinski definition) is 3. The van der Waals surface area contributed by atoms with Gasteiger partial charge in [-0.05, 0) is 18.4 Å². The standard InChI is InChI=1S/C12H16N2O3/c13-12(17)14-10(6-7-11(15)16)8-9-4-2-1-3-5-9/h1-5,10H,6-8H2,(H,15,16)(H3,13,14,17). The van der Waals surface area contributed by atoms with E-state index in [0.29, 0.717) is 12.8 Å². The summed E-state index contributed by atoms with van der Waals surface area (Å²) >= 11 is 0. The molecule has 5 nitrogen and oxygen atoms in total. The molecule has 0 aliphatic rings. The van der Waals surface area contributed by atoms with Crippen molar-refractivity contribution in [2.45, 2.75) is 25.3 Å². The van der Waals surface area contributed by atoms with Gasteiger partial charge in [0.05, 0.1) is 0 Å². The van der Waals surface area contributed by atoms with E-state index in [1.807, 2.05) is 30.3 Å². The molecule has 0 spiro atoms. The molecule has 0 aromatic heterocycles. The van der Waals surface area contributed by atoms with Crippen molar-refractivity contribution in [2.24, 2.45) is 5.73 Å². The Hall–Kier alpha value is -2.04. The lowest BCUT2D eigenvalue weighted by Gasteiger charge is -2.16. The summed E-state index contributed by atoms with van der Waals surface area (Å²) in [6.07, 6.45) is 0.960. The molecule has 1 aromatic rings. The molecular formula is C12H16N2O3. The Labute approximate surface area is 99.6 Å². The fourth-order valence-electron chi connectivity index (χ4n) is 1.62. The first-order valence-electron chi connectivity index (χ1n) is 5.39. The topological polar surface area (TPSA) is 92.4 Å².